The van der Waals surface area contributed by atoms with Crippen LogP contribution in [0.25, 0.3) is 11.0 Å². The Morgan fingerprint density at radius 1 is 1.36 bits per heavy atom. The Hall–Kier alpha value is -1.47. The molecule has 2 rings (SSSR count). The molecule has 2 N–H and O–H groups in total. The van der Waals surface area contributed by atoms with Crippen molar-refractivity contribution < 1.29 is 14.4 Å². The molecule has 5 nitrogen and oxygen atoms in total. The van der Waals surface area contributed by atoms with E-state index in [0.717, 1.165) is 6.07 Å². The number of aryl methyl sites for hydroxylation is 1. The zero-order chi connectivity index (χ0) is 10.3. The van der Waals surface area contributed by atoms with Gasteiger partial charge in [0.1, 0.15) is 11.0 Å². The average Bonchev–Trinajstić information content (AvgIpc) is 2.45. The summed E-state index contributed by atoms with van der Waals surface area (Å²) in [6.45, 7) is 0. The average molecular weight is 195 g/mol. The maximum Gasteiger partial charge on any atom is 0.488 e. The van der Waals surface area contributed by atoms with Crippen molar-refractivity contribution in [3.63, 3.8) is 0 Å². The van der Waals surface area contributed by atoms with Crippen LogP contribution in [-0.2, 0) is 7.05 Å². The molecule has 0 fully saturated rings. The second-order valence-electron chi connectivity index (χ2n) is 2.93. The molecule has 72 valence electrons. The molecule has 2 aromatic rings. The molecule has 0 aliphatic heterocycles. The summed E-state index contributed by atoms with van der Waals surface area (Å²) in [5.41, 5.74) is 0.489. The van der Waals surface area contributed by atoms with Crippen LogP contribution in [-0.4, -0.2) is 32.2 Å². The quantitative estimate of drug-likeness (QED) is 0.560. The molecule has 0 unspecified atom stereocenters. The Balaban J connectivity index is 2.71. The van der Waals surface area contributed by atoms with Gasteiger partial charge in [0.25, 0.3) is 0 Å². The van der Waals surface area contributed by atoms with Gasteiger partial charge in [-0.3, -0.25) is 0 Å². The van der Waals surface area contributed by atoms with Gasteiger partial charge in [0.2, 0.25) is 0 Å². The summed E-state index contributed by atoms with van der Waals surface area (Å²) < 4.78 is 13.3. The summed E-state index contributed by atoms with van der Waals surface area (Å²) in [5.74, 6) is -0.612. The monoisotopic (exact) mass is 195 g/mol. The molecule has 0 radical (unpaired) electrons. The highest BCUT2D eigenvalue weighted by Gasteiger charge is 2.16. The van der Waals surface area contributed by atoms with E-state index >= 15 is 0 Å². The second kappa shape index (κ2) is 3.04. The lowest BCUT2D eigenvalue weighted by Crippen LogP contribution is -2.30. The Morgan fingerprint density at radius 3 is 2.71 bits per heavy atom. The van der Waals surface area contributed by atoms with Gasteiger partial charge in [-0.15, -0.1) is 0 Å². The van der Waals surface area contributed by atoms with Crippen LogP contribution in [0, 0.1) is 5.82 Å². The van der Waals surface area contributed by atoms with E-state index in [2.05, 4.69) is 10.2 Å². The van der Waals surface area contributed by atoms with E-state index in [1.54, 1.807) is 7.05 Å². The Kier molecular flexibility index (Phi) is 1.97. The Labute approximate surface area is 78.9 Å². The van der Waals surface area contributed by atoms with Crippen LogP contribution in [0.2, 0.25) is 0 Å². The summed E-state index contributed by atoms with van der Waals surface area (Å²) in [6, 6.07) is 2.41. The van der Waals surface area contributed by atoms with Crippen molar-refractivity contribution in [2.24, 2.45) is 7.05 Å². The molecule has 1 aromatic heterocycles. The number of fused-ring (bicyclic) bond motifs is 1. The van der Waals surface area contributed by atoms with Crippen LogP contribution in [0.4, 0.5) is 4.39 Å². The van der Waals surface area contributed by atoms with Crippen LogP contribution in [0.5, 0.6) is 0 Å². The zero-order valence-corrected chi connectivity index (χ0v) is 7.35. The number of hydrogen-bond donors (Lipinski definition) is 2. The normalized spacial score (nSPS) is 10.9. The lowest BCUT2D eigenvalue weighted by atomic mass is 9.80. The van der Waals surface area contributed by atoms with Crippen molar-refractivity contribution in [1.82, 2.24) is 15.0 Å². The van der Waals surface area contributed by atoms with Gasteiger partial charge in [-0.05, 0) is 17.6 Å². The van der Waals surface area contributed by atoms with Crippen LogP contribution in [0.3, 0.4) is 0 Å². The fourth-order valence-electron chi connectivity index (χ4n) is 1.25. The summed E-state index contributed by atoms with van der Waals surface area (Å²) in [7, 11) is -0.134. The first kappa shape index (κ1) is 9.10. The predicted molar refractivity (Wildman–Crippen MR) is 48.3 cm³/mol. The van der Waals surface area contributed by atoms with Crippen molar-refractivity contribution in [1.29, 1.82) is 0 Å². The topological polar surface area (TPSA) is 71.2 Å². The third-order valence-corrected chi connectivity index (χ3v) is 1.86. The Bertz CT molecular complexity index is 485. The van der Waals surface area contributed by atoms with Gasteiger partial charge in [-0.25, -0.2) is 4.39 Å². The van der Waals surface area contributed by atoms with Gasteiger partial charge in [0.15, 0.2) is 5.82 Å². The molecule has 0 atom stereocenters. The van der Waals surface area contributed by atoms with Gasteiger partial charge in [0.05, 0.1) is 0 Å². The fourth-order valence-corrected chi connectivity index (χ4v) is 1.25. The molecule has 7 heteroatoms. The molecule has 0 spiro atoms. The predicted octanol–water partition coefficient (Wildman–Crippen LogP) is -1.21. The van der Waals surface area contributed by atoms with E-state index in [-0.39, 0.29) is 11.0 Å². The summed E-state index contributed by atoms with van der Waals surface area (Å²) in [6.07, 6.45) is 0. The molecule has 1 heterocycles. The highest BCUT2D eigenvalue weighted by Crippen LogP contribution is 2.10. The molecule has 0 aliphatic rings. The van der Waals surface area contributed by atoms with Crippen molar-refractivity contribution in [2.45, 2.75) is 0 Å². The number of hydrogen-bond acceptors (Lipinski definition) is 4. The van der Waals surface area contributed by atoms with E-state index in [9.17, 15) is 4.39 Å². The molecule has 0 amide bonds. The van der Waals surface area contributed by atoms with Gasteiger partial charge in [-0.1, -0.05) is 0 Å². The Morgan fingerprint density at radius 2 is 2.07 bits per heavy atom. The molecule has 0 saturated carbocycles. The first-order valence-corrected chi connectivity index (χ1v) is 3.94. The highest BCUT2D eigenvalue weighted by atomic mass is 19.1. The van der Waals surface area contributed by atoms with Gasteiger partial charge >= 0.3 is 7.12 Å². The van der Waals surface area contributed by atoms with Crippen LogP contribution in [0.1, 0.15) is 0 Å². The van der Waals surface area contributed by atoms with Crippen molar-refractivity contribution >= 4 is 23.6 Å². The first-order chi connectivity index (χ1) is 6.58. The third-order valence-electron chi connectivity index (χ3n) is 1.86. The largest absolute Gasteiger partial charge is 0.488 e. The molecule has 1 aromatic carbocycles. The van der Waals surface area contributed by atoms with E-state index in [1.165, 1.54) is 10.9 Å². The maximum atomic E-state index is 13.3. The second-order valence-corrected chi connectivity index (χ2v) is 2.93. The third kappa shape index (κ3) is 1.36. The minimum Gasteiger partial charge on any atom is -0.423 e. The minimum atomic E-state index is -1.70. The summed E-state index contributed by atoms with van der Waals surface area (Å²) in [4.78, 5) is 1.22. The number of benzene rings is 1. The molecule has 0 aliphatic carbocycles. The number of rotatable bonds is 1. The molecular formula is C7H7BFN3O2. The van der Waals surface area contributed by atoms with Crippen LogP contribution < -0.4 is 5.46 Å². The van der Waals surface area contributed by atoms with Crippen molar-refractivity contribution in [2.75, 3.05) is 0 Å². The summed E-state index contributed by atoms with van der Waals surface area (Å²) >= 11 is 0. The highest BCUT2D eigenvalue weighted by molar-refractivity contribution is 6.58. The zero-order valence-electron chi connectivity index (χ0n) is 7.35. The first-order valence-electron chi connectivity index (χ1n) is 3.94. The maximum absolute atomic E-state index is 13.3. The van der Waals surface area contributed by atoms with Gasteiger partial charge < -0.3 is 10.0 Å². The van der Waals surface area contributed by atoms with E-state index in [0.29, 0.717) is 5.52 Å². The lowest BCUT2D eigenvalue weighted by molar-refractivity contribution is 0.425. The van der Waals surface area contributed by atoms with Crippen molar-refractivity contribution in [3.05, 3.63) is 17.9 Å². The minimum absolute atomic E-state index is 0.0653. The van der Waals surface area contributed by atoms with E-state index in [4.69, 9.17) is 10.0 Å². The van der Waals surface area contributed by atoms with Gasteiger partial charge in [0, 0.05) is 7.05 Å². The van der Waals surface area contributed by atoms with E-state index in [1.807, 2.05) is 0 Å². The summed E-state index contributed by atoms with van der Waals surface area (Å²) in [5, 5.41) is 25.3. The molecular weight excluding hydrogens is 188 g/mol. The van der Waals surface area contributed by atoms with E-state index < -0.39 is 12.9 Å². The molecule has 14 heavy (non-hydrogen) atoms. The number of aromatic nitrogens is 3. The smallest absolute Gasteiger partial charge is 0.423 e. The lowest BCUT2D eigenvalue weighted by Gasteiger charge is -1.98. The number of halogens is 1. The fraction of sp³-hybridized carbons (Fsp3) is 0.143. The van der Waals surface area contributed by atoms with Gasteiger partial charge in [-0.2, -0.15) is 15.0 Å². The molecule has 0 bridgehead atoms. The number of nitrogens with zero attached hydrogens (tertiary/aromatic N) is 3. The standard InChI is InChI=1S/C7H7BFN3O2/c1-12-10-6-3-4(8(13)14)2-5(9)7(6)11-12/h2-3,13-14H,1H3. The van der Waals surface area contributed by atoms with Crippen LogP contribution >= 0.6 is 0 Å². The molecule has 0 saturated heterocycles. The SMILES string of the molecule is Cn1nc2cc(B(O)O)cc(F)c2n1. The van der Waals surface area contributed by atoms with Crippen LogP contribution in [0.15, 0.2) is 12.1 Å². The van der Waals surface area contributed by atoms with Crippen molar-refractivity contribution in [3.8, 4) is 0 Å².